The van der Waals surface area contributed by atoms with Gasteiger partial charge in [-0.05, 0) is 32.8 Å². The van der Waals surface area contributed by atoms with Crippen LogP contribution in [0.5, 0.6) is 5.75 Å². The summed E-state index contributed by atoms with van der Waals surface area (Å²) in [6, 6.07) is 7.54. The minimum atomic E-state index is -3.57. The van der Waals surface area contributed by atoms with Crippen molar-refractivity contribution in [1.82, 2.24) is 4.31 Å². The second-order valence-electron chi connectivity index (χ2n) is 6.78. The van der Waals surface area contributed by atoms with Crippen LogP contribution in [0, 0.1) is 0 Å². The van der Waals surface area contributed by atoms with Gasteiger partial charge in [0.2, 0.25) is 0 Å². The van der Waals surface area contributed by atoms with E-state index >= 15 is 0 Å². The molecule has 0 unspecified atom stereocenters. The summed E-state index contributed by atoms with van der Waals surface area (Å²) >= 11 is 0. The van der Waals surface area contributed by atoms with E-state index in [0.717, 1.165) is 30.6 Å². The number of hydrogen-bond acceptors (Lipinski definition) is 4. The lowest BCUT2D eigenvalue weighted by Crippen LogP contribution is -2.57. The van der Waals surface area contributed by atoms with Gasteiger partial charge in [-0.3, -0.25) is 0 Å². The quantitative estimate of drug-likeness (QED) is 0.784. The molecule has 0 N–H and O–H groups in total. The van der Waals surface area contributed by atoms with Crippen LogP contribution < -0.4 is 4.74 Å². The Labute approximate surface area is 131 Å². The van der Waals surface area contributed by atoms with E-state index in [-0.39, 0.29) is 0 Å². The van der Waals surface area contributed by atoms with E-state index in [4.69, 9.17) is 9.47 Å². The number of para-hydroxylation sites is 1. The molecule has 0 amide bonds. The second-order valence-corrected chi connectivity index (χ2v) is 8.85. The molecule has 3 aliphatic heterocycles. The smallest absolute Gasteiger partial charge is 0.253 e. The van der Waals surface area contributed by atoms with Crippen LogP contribution in [0.4, 0.5) is 0 Å². The summed E-state index contributed by atoms with van der Waals surface area (Å²) < 4.78 is 40.0. The molecule has 22 heavy (non-hydrogen) atoms. The van der Waals surface area contributed by atoms with Gasteiger partial charge in [0.25, 0.3) is 15.0 Å². The number of hydrogen-bond donors (Lipinski definition) is 0. The van der Waals surface area contributed by atoms with E-state index in [2.05, 4.69) is 0 Å². The van der Waals surface area contributed by atoms with Gasteiger partial charge in [-0.2, -0.15) is 4.31 Å². The van der Waals surface area contributed by atoms with Crippen LogP contribution >= 0.6 is 0 Å². The maximum atomic E-state index is 13.3. The van der Waals surface area contributed by atoms with Crippen molar-refractivity contribution >= 4 is 10.0 Å². The lowest BCUT2D eigenvalue weighted by Gasteiger charge is -2.39. The Kier molecular flexibility index (Phi) is 2.94. The fraction of sp³-hybridized carbons (Fsp3) is 0.625. The molecule has 3 heterocycles. The Morgan fingerprint density at radius 1 is 1.14 bits per heavy atom. The van der Waals surface area contributed by atoms with Gasteiger partial charge in [-0.15, -0.1) is 0 Å². The number of rotatable bonds is 2. The normalized spacial score (nSPS) is 33.5. The van der Waals surface area contributed by atoms with Crippen LogP contribution in [0.25, 0.3) is 0 Å². The van der Waals surface area contributed by atoms with Crippen LogP contribution in [0.15, 0.2) is 24.3 Å². The molecular weight excluding hydrogens is 302 g/mol. The fourth-order valence-corrected chi connectivity index (χ4v) is 6.21. The van der Waals surface area contributed by atoms with Gasteiger partial charge in [-0.25, -0.2) is 8.42 Å². The summed E-state index contributed by atoms with van der Waals surface area (Å²) in [5.41, 5.74) is -0.0788. The maximum Gasteiger partial charge on any atom is 0.253 e. The van der Waals surface area contributed by atoms with Crippen LogP contribution in [-0.2, 0) is 14.8 Å². The number of benzene rings is 1. The first-order chi connectivity index (χ1) is 10.4. The molecule has 120 valence electrons. The molecule has 2 saturated heterocycles. The zero-order chi connectivity index (χ0) is 15.6. The number of nitrogens with zero attached hydrogens (tertiary/aromatic N) is 1. The summed E-state index contributed by atoms with van der Waals surface area (Å²) in [7, 11) is -3.57. The van der Waals surface area contributed by atoms with Gasteiger partial charge >= 0.3 is 0 Å². The number of fused-ring (bicyclic) bond motifs is 3. The van der Waals surface area contributed by atoms with Gasteiger partial charge in [0, 0.05) is 18.7 Å². The zero-order valence-electron chi connectivity index (χ0n) is 12.9. The monoisotopic (exact) mass is 323 g/mol. The first kappa shape index (κ1) is 14.5. The molecule has 0 radical (unpaired) electrons. The number of ether oxygens (including phenoxy) is 2. The molecule has 2 atom stereocenters. The van der Waals surface area contributed by atoms with E-state index in [1.54, 1.807) is 4.31 Å². The number of epoxide rings is 1. The van der Waals surface area contributed by atoms with Crippen molar-refractivity contribution in [2.75, 3.05) is 13.1 Å². The van der Waals surface area contributed by atoms with E-state index < -0.39 is 26.7 Å². The molecule has 0 spiro atoms. The summed E-state index contributed by atoms with van der Waals surface area (Å²) in [4.78, 5) is -1.29. The summed E-state index contributed by atoms with van der Waals surface area (Å²) in [5.74, 6) is 0.722. The highest BCUT2D eigenvalue weighted by Gasteiger charge is 2.79. The lowest BCUT2D eigenvalue weighted by atomic mass is 9.94. The molecule has 2 fully saturated rings. The van der Waals surface area contributed by atoms with Gasteiger partial charge in [0.1, 0.15) is 11.9 Å². The Balaban J connectivity index is 1.79. The third-order valence-electron chi connectivity index (χ3n) is 5.02. The molecule has 6 heteroatoms. The molecule has 0 saturated carbocycles. The van der Waals surface area contributed by atoms with Crippen LogP contribution in [0.2, 0.25) is 0 Å². The van der Waals surface area contributed by atoms with Crippen molar-refractivity contribution in [3.05, 3.63) is 29.8 Å². The Bertz CT molecular complexity index is 709. The third kappa shape index (κ3) is 1.69. The van der Waals surface area contributed by atoms with E-state index in [1.165, 1.54) is 0 Å². The predicted molar refractivity (Wildman–Crippen MR) is 82.0 cm³/mol. The predicted octanol–water partition coefficient (Wildman–Crippen LogP) is 2.44. The molecule has 0 aliphatic carbocycles. The van der Waals surface area contributed by atoms with Crippen molar-refractivity contribution in [1.29, 1.82) is 0 Å². The van der Waals surface area contributed by atoms with Gasteiger partial charge < -0.3 is 9.47 Å². The molecule has 3 aliphatic rings. The van der Waals surface area contributed by atoms with Crippen molar-refractivity contribution in [3.63, 3.8) is 0 Å². The molecule has 1 aromatic rings. The first-order valence-electron chi connectivity index (χ1n) is 7.86. The summed E-state index contributed by atoms with van der Waals surface area (Å²) in [6.45, 7) is 4.78. The zero-order valence-corrected chi connectivity index (χ0v) is 13.7. The molecule has 4 rings (SSSR count). The highest BCUT2D eigenvalue weighted by molar-refractivity contribution is 7.90. The second kappa shape index (κ2) is 4.46. The summed E-state index contributed by atoms with van der Waals surface area (Å²) in [6.07, 6.45) is 2.49. The minimum absolute atomic E-state index is 0.431. The molecule has 0 aromatic heterocycles. The van der Waals surface area contributed by atoms with Crippen molar-refractivity contribution in [3.8, 4) is 5.75 Å². The highest BCUT2D eigenvalue weighted by atomic mass is 32.2. The maximum absolute atomic E-state index is 13.3. The first-order valence-corrected chi connectivity index (χ1v) is 9.30. The van der Waals surface area contributed by atoms with Crippen molar-refractivity contribution < 1.29 is 17.9 Å². The largest absolute Gasteiger partial charge is 0.483 e. The van der Waals surface area contributed by atoms with Crippen LogP contribution in [-0.4, -0.2) is 36.3 Å². The SMILES string of the molecule is CC1(C)Oc2ccccc2[C@@H]2O[C@]21S(=O)(=O)N1CCCCC1. The van der Waals surface area contributed by atoms with E-state index in [9.17, 15) is 8.42 Å². The number of sulfonamides is 1. The van der Waals surface area contributed by atoms with E-state index in [0.29, 0.717) is 13.1 Å². The van der Waals surface area contributed by atoms with Gasteiger partial charge in [0.15, 0.2) is 5.60 Å². The van der Waals surface area contributed by atoms with Crippen molar-refractivity contribution in [2.24, 2.45) is 0 Å². The van der Waals surface area contributed by atoms with Crippen molar-refractivity contribution in [2.45, 2.75) is 49.7 Å². The standard InChI is InChI=1S/C16H21NO4S/c1-15(2)16(22(18,19)17-10-6-3-7-11-17)14(21-16)12-8-4-5-9-13(12)20-15/h4-5,8-9,14H,3,6-7,10-11H2,1-2H3/t14-,16-/m0/s1. The average molecular weight is 323 g/mol. The Morgan fingerprint density at radius 2 is 1.82 bits per heavy atom. The molecular formula is C16H21NO4S. The Hall–Kier alpha value is -1.11. The molecule has 5 nitrogen and oxygen atoms in total. The molecule has 0 bridgehead atoms. The third-order valence-corrected chi connectivity index (χ3v) is 7.64. The highest BCUT2D eigenvalue weighted by Crippen LogP contribution is 2.65. The Morgan fingerprint density at radius 3 is 2.55 bits per heavy atom. The van der Waals surface area contributed by atoms with Crippen LogP contribution in [0.3, 0.4) is 0 Å². The van der Waals surface area contributed by atoms with Gasteiger partial charge in [0.05, 0.1) is 0 Å². The molecule has 1 aromatic carbocycles. The van der Waals surface area contributed by atoms with Gasteiger partial charge in [-0.1, -0.05) is 24.6 Å². The minimum Gasteiger partial charge on any atom is -0.483 e. The topological polar surface area (TPSA) is 59.1 Å². The number of piperidine rings is 1. The fourth-order valence-electron chi connectivity index (χ4n) is 3.81. The van der Waals surface area contributed by atoms with E-state index in [1.807, 2.05) is 38.1 Å². The van der Waals surface area contributed by atoms with Crippen LogP contribution in [0.1, 0.15) is 44.8 Å². The lowest BCUT2D eigenvalue weighted by molar-refractivity contribution is 0.0498. The summed E-state index contributed by atoms with van der Waals surface area (Å²) in [5, 5.41) is 0. The average Bonchev–Trinajstić information content (AvgIpc) is 3.26.